The molecule has 130 valence electrons. The quantitative estimate of drug-likeness (QED) is 0.327. The van der Waals surface area contributed by atoms with E-state index in [4.69, 9.17) is 4.74 Å². The Kier molecular flexibility index (Phi) is 5.52. The summed E-state index contributed by atoms with van der Waals surface area (Å²) in [4.78, 5) is 14.6. The maximum absolute atomic E-state index is 13.4. The van der Waals surface area contributed by atoms with Gasteiger partial charge >= 0.3 is 11.1 Å². The summed E-state index contributed by atoms with van der Waals surface area (Å²) >= 11 is 4.17. The first kappa shape index (κ1) is 17.8. The fourth-order valence-electron chi connectivity index (χ4n) is 2.39. The fourth-order valence-corrected chi connectivity index (χ4v) is 4.83. The molecule has 2 unspecified atom stereocenters. The van der Waals surface area contributed by atoms with Crippen LogP contribution in [0, 0.1) is 5.21 Å². The van der Waals surface area contributed by atoms with Crippen LogP contribution in [0.2, 0.25) is 0 Å². The van der Waals surface area contributed by atoms with Crippen molar-refractivity contribution in [1.82, 2.24) is 19.7 Å². The van der Waals surface area contributed by atoms with Gasteiger partial charge in [-0.15, -0.1) is 16.4 Å². The molecule has 1 fully saturated rings. The smallest absolute Gasteiger partial charge is 0.352 e. The molecule has 1 saturated heterocycles. The molecular weight excluding hydrogens is 368 g/mol. The maximum Gasteiger partial charge on any atom is 0.352 e. The number of hydrogen-bond acceptors (Lipinski definition) is 9. The lowest BCUT2D eigenvalue weighted by molar-refractivity contribution is 0.00613. The van der Waals surface area contributed by atoms with E-state index in [1.807, 2.05) is 11.9 Å². The number of aromatic nitrogens is 2. The minimum absolute atomic E-state index is 0.190. The zero-order valence-electron chi connectivity index (χ0n) is 13.4. The zero-order chi connectivity index (χ0) is 17.2. The lowest BCUT2D eigenvalue weighted by atomic mass is 10.4. The van der Waals surface area contributed by atoms with Gasteiger partial charge in [0.05, 0.1) is 6.54 Å². The molecule has 1 aliphatic heterocycles. The van der Waals surface area contributed by atoms with Crippen LogP contribution in [0.25, 0.3) is 0 Å². The first-order chi connectivity index (χ1) is 11.5. The number of nitrogens with zero attached hydrogens (tertiary/aromatic N) is 4. The Hall–Kier alpha value is -1.04. The van der Waals surface area contributed by atoms with Gasteiger partial charge in [0.25, 0.3) is 6.23 Å². The van der Waals surface area contributed by atoms with E-state index in [0.29, 0.717) is 16.6 Å². The summed E-state index contributed by atoms with van der Waals surface area (Å²) in [7, 11) is 1.83. The topological polar surface area (TPSA) is 78.4 Å². The highest BCUT2D eigenvalue weighted by Gasteiger charge is 2.45. The number of thiophene rings is 1. The Labute approximate surface area is 152 Å². The normalized spacial score (nSPS) is 24.4. The highest BCUT2D eigenvalue weighted by Crippen LogP contribution is 2.37. The number of carbonyl (C=O) groups is 1. The first-order valence-corrected chi connectivity index (χ1v) is 10.2. The van der Waals surface area contributed by atoms with Gasteiger partial charge in [-0.1, -0.05) is 29.9 Å². The van der Waals surface area contributed by atoms with Crippen LogP contribution in [-0.4, -0.2) is 53.3 Å². The molecule has 0 N–H and O–H groups in total. The third-order valence-electron chi connectivity index (χ3n) is 3.50. The van der Waals surface area contributed by atoms with Crippen LogP contribution in [0.1, 0.15) is 23.0 Å². The summed E-state index contributed by atoms with van der Waals surface area (Å²) in [5.74, 6) is 0.471. The monoisotopic (exact) mass is 386 g/mol. The van der Waals surface area contributed by atoms with Crippen molar-refractivity contribution in [3.8, 4) is 0 Å². The van der Waals surface area contributed by atoms with Crippen molar-refractivity contribution in [2.75, 3.05) is 26.0 Å². The maximum atomic E-state index is 13.4. The molecule has 0 bridgehead atoms. The van der Waals surface area contributed by atoms with E-state index in [0.717, 1.165) is 16.5 Å². The molecule has 3 heterocycles. The van der Waals surface area contributed by atoms with Gasteiger partial charge in [0.2, 0.25) is 0 Å². The van der Waals surface area contributed by atoms with E-state index in [-0.39, 0.29) is 6.67 Å². The van der Waals surface area contributed by atoms with E-state index in [1.165, 1.54) is 22.7 Å². The highest BCUT2D eigenvalue weighted by molar-refractivity contribution is 8.01. The number of esters is 1. The number of hydrogen-bond donors (Lipinski definition) is 0. The second-order valence-electron chi connectivity index (χ2n) is 5.51. The molecule has 1 aliphatic rings. The predicted octanol–water partition coefficient (Wildman–Crippen LogP) is 2.99. The van der Waals surface area contributed by atoms with Crippen LogP contribution in [0.3, 0.4) is 0 Å². The standard InChI is InChI=1S/C14H18N4O3S3/c1-3-6-23-14-16-15-13(24-14)18(20)9-17(2)8-11(18)21-12(19)10-5-4-7-22-10/h4-5,7,11H,3,6,8-9H2,1-2H3. The van der Waals surface area contributed by atoms with Gasteiger partial charge in [-0.2, -0.15) is 0 Å². The summed E-state index contributed by atoms with van der Waals surface area (Å²) in [5, 5.41) is 23.7. The number of ether oxygens (including phenoxy) is 1. The van der Waals surface area contributed by atoms with Crippen molar-refractivity contribution in [2.45, 2.75) is 23.9 Å². The third kappa shape index (κ3) is 3.63. The second-order valence-corrected chi connectivity index (χ2v) is 8.76. The SMILES string of the molecule is CCCSc1nnc([N+]2([O-])CN(C)CC2OC(=O)c2cccs2)s1. The number of carbonyl (C=O) groups excluding carboxylic acids is 1. The summed E-state index contributed by atoms with van der Waals surface area (Å²) in [5.41, 5.74) is 0. The Morgan fingerprint density at radius 2 is 2.42 bits per heavy atom. The van der Waals surface area contributed by atoms with Crippen LogP contribution in [0.4, 0.5) is 5.13 Å². The molecule has 0 aromatic carbocycles. The van der Waals surface area contributed by atoms with Crippen molar-refractivity contribution in [1.29, 1.82) is 0 Å². The molecular formula is C14H18N4O3S3. The van der Waals surface area contributed by atoms with Crippen molar-refractivity contribution in [2.24, 2.45) is 0 Å². The van der Waals surface area contributed by atoms with Crippen molar-refractivity contribution < 1.29 is 9.53 Å². The van der Waals surface area contributed by atoms with Gasteiger partial charge in [0.15, 0.2) is 4.34 Å². The molecule has 0 amide bonds. The first-order valence-electron chi connectivity index (χ1n) is 7.51. The third-order valence-corrected chi connectivity index (χ3v) is 6.72. The summed E-state index contributed by atoms with van der Waals surface area (Å²) < 4.78 is 5.49. The number of likely N-dealkylation sites (N-methyl/N-ethyl adjacent to an activating group) is 1. The number of rotatable bonds is 6. The second kappa shape index (κ2) is 7.46. The largest absolute Gasteiger partial charge is 0.622 e. The van der Waals surface area contributed by atoms with Crippen LogP contribution < -0.4 is 4.65 Å². The van der Waals surface area contributed by atoms with E-state index < -0.39 is 16.8 Å². The molecule has 0 radical (unpaired) electrons. The number of hydroxylamine groups is 2. The van der Waals surface area contributed by atoms with E-state index in [9.17, 15) is 10.0 Å². The zero-order valence-corrected chi connectivity index (χ0v) is 15.8. The average molecular weight is 387 g/mol. The fraction of sp³-hybridized carbons (Fsp3) is 0.500. The van der Waals surface area contributed by atoms with Crippen molar-refractivity contribution >= 4 is 45.5 Å². The average Bonchev–Trinajstić information content (AvgIpc) is 3.27. The summed E-state index contributed by atoms with van der Waals surface area (Å²) in [6, 6.07) is 3.47. The molecule has 0 spiro atoms. The van der Waals surface area contributed by atoms with Gasteiger partial charge in [-0.25, -0.2) is 9.69 Å². The molecule has 10 heteroatoms. The van der Waals surface area contributed by atoms with Gasteiger partial charge in [-0.3, -0.25) is 4.65 Å². The number of thioether (sulfide) groups is 1. The van der Waals surface area contributed by atoms with Crippen LogP contribution >= 0.6 is 34.4 Å². The molecule has 24 heavy (non-hydrogen) atoms. The van der Waals surface area contributed by atoms with E-state index >= 15 is 0 Å². The van der Waals surface area contributed by atoms with Crippen LogP contribution in [0.15, 0.2) is 21.9 Å². The Morgan fingerprint density at radius 1 is 1.58 bits per heavy atom. The molecule has 0 aliphatic carbocycles. The Balaban J connectivity index is 1.78. The summed E-state index contributed by atoms with van der Waals surface area (Å²) in [6.07, 6.45) is 0.197. The van der Waals surface area contributed by atoms with Gasteiger partial charge in [0.1, 0.15) is 11.5 Å². The van der Waals surface area contributed by atoms with E-state index in [2.05, 4.69) is 17.1 Å². The van der Waals surface area contributed by atoms with Gasteiger partial charge in [-0.05, 0) is 36.3 Å². The molecule has 0 saturated carbocycles. The van der Waals surface area contributed by atoms with Crippen molar-refractivity contribution in [3.05, 3.63) is 27.6 Å². The Morgan fingerprint density at radius 3 is 3.12 bits per heavy atom. The molecule has 7 nitrogen and oxygen atoms in total. The molecule has 2 aromatic rings. The lowest BCUT2D eigenvalue weighted by Gasteiger charge is -2.38. The lowest BCUT2D eigenvalue weighted by Crippen LogP contribution is -2.50. The van der Waals surface area contributed by atoms with Crippen molar-refractivity contribution in [3.63, 3.8) is 0 Å². The number of quaternary nitrogens is 1. The van der Waals surface area contributed by atoms with Gasteiger partial charge in [0, 0.05) is 5.75 Å². The highest BCUT2D eigenvalue weighted by atomic mass is 32.2. The van der Waals surface area contributed by atoms with Crippen LogP contribution in [0.5, 0.6) is 0 Å². The van der Waals surface area contributed by atoms with E-state index in [1.54, 1.807) is 29.3 Å². The molecule has 2 aromatic heterocycles. The Bertz CT molecular complexity index is 693. The van der Waals surface area contributed by atoms with Gasteiger partial charge < -0.3 is 9.94 Å². The van der Waals surface area contributed by atoms with Crippen LogP contribution in [-0.2, 0) is 4.74 Å². The molecule has 2 atom stereocenters. The minimum Gasteiger partial charge on any atom is -0.622 e. The predicted molar refractivity (Wildman–Crippen MR) is 97.1 cm³/mol. The molecule has 3 rings (SSSR count). The summed E-state index contributed by atoms with van der Waals surface area (Å²) in [6.45, 7) is 2.65. The minimum atomic E-state index is -0.832.